The normalized spacial score (nSPS) is 11.6. The van der Waals surface area contributed by atoms with Gasteiger partial charge in [-0.3, -0.25) is 14.5 Å². The van der Waals surface area contributed by atoms with Crippen molar-refractivity contribution >= 4 is 28.9 Å². The summed E-state index contributed by atoms with van der Waals surface area (Å²) in [5.74, 6) is 2.64. The van der Waals surface area contributed by atoms with Gasteiger partial charge in [0.05, 0.1) is 32.7 Å². The van der Waals surface area contributed by atoms with Crippen LogP contribution in [0.5, 0.6) is 6.01 Å². The van der Waals surface area contributed by atoms with Crippen molar-refractivity contribution in [2.75, 3.05) is 33.0 Å². The fourth-order valence-electron chi connectivity index (χ4n) is 3.96. The van der Waals surface area contributed by atoms with E-state index in [2.05, 4.69) is 32.2 Å². The largest absolute Gasteiger partial charge is 0.469 e. The number of hydrogen-bond donors (Lipinski definition) is 3. The summed E-state index contributed by atoms with van der Waals surface area (Å²) in [6.07, 6.45) is 3.43. The molecule has 0 saturated carbocycles. The molecule has 4 N–H and O–H groups in total. The Morgan fingerprint density at radius 2 is 1.90 bits per heavy atom. The second-order valence-electron chi connectivity index (χ2n) is 9.35. The van der Waals surface area contributed by atoms with Gasteiger partial charge in [-0.2, -0.15) is 9.97 Å². The van der Waals surface area contributed by atoms with Gasteiger partial charge in [-0.1, -0.05) is 56.9 Å². The highest BCUT2D eigenvalue weighted by atomic mass is 16.5. The van der Waals surface area contributed by atoms with E-state index < -0.39 is 11.7 Å². The molecule has 214 valence electrons. The fourth-order valence-corrected chi connectivity index (χ4v) is 3.96. The quantitative estimate of drug-likeness (QED) is 0.164. The molecule has 0 aliphatic carbocycles. The average molecular weight is 552 g/mol. The van der Waals surface area contributed by atoms with Crippen LogP contribution < -0.4 is 21.5 Å². The topological polar surface area (TPSA) is 157 Å². The lowest BCUT2D eigenvalue weighted by molar-refractivity contribution is -0.139. The Morgan fingerprint density at radius 1 is 1.18 bits per heavy atom. The molecule has 1 amide bonds. The van der Waals surface area contributed by atoms with Gasteiger partial charge in [0, 0.05) is 12.6 Å². The number of hydrogen-bond acceptors (Lipinski definition) is 9. The van der Waals surface area contributed by atoms with E-state index in [-0.39, 0.29) is 47.8 Å². The minimum Gasteiger partial charge on any atom is -0.469 e. The molecule has 0 bridgehead atoms. The van der Waals surface area contributed by atoms with Crippen molar-refractivity contribution in [3.63, 3.8) is 0 Å². The van der Waals surface area contributed by atoms with Gasteiger partial charge < -0.3 is 25.5 Å². The van der Waals surface area contributed by atoms with Crippen LogP contribution >= 0.6 is 0 Å². The maximum absolute atomic E-state index is 13.0. The van der Waals surface area contributed by atoms with Crippen LogP contribution in [0.25, 0.3) is 11.2 Å². The van der Waals surface area contributed by atoms with Gasteiger partial charge in [0.1, 0.15) is 5.52 Å². The van der Waals surface area contributed by atoms with Crippen LogP contribution in [0.3, 0.4) is 0 Å². The summed E-state index contributed by atoms with van der Waals surface area (Å²) >= 11 is 0. The first-order chi connectivity index (χ1) is 19.3. The number of imidazole rings is 1. The number of rotatable bonds is 13. The number of ether oxygens (including phenoxy) is 2. The summed E-state index contributed by atoms with van der Waals surface area (Å²) in [7, 11) is 3.17. The van der Waals surface area contributed by atoms with Gasteiger partial charge in [0.2, 0.25) is 5.91 Å². The molecule has 12 heteroatoms. The predicted molar refractivity (Wildman–Crippen MR) is 151 cm³/mol. The van der Waals surface area contributed by atoms with E-state index in [0.717, 1.165) is 30.4 Å². The maximum atomic E-state index is 13.0. The summed E-state index contributed by atoms with van der Waals surface area (Å²) in [4.78, 5) is 49.9. The molecule has 0 aliphatic rings. The van der Waals surface area contributed by atoms with Crippen LogP contribution in [0.15, 0.2) is 29.1 Å². The Balaban J connectivity index is 1.66. The molecule has 3 aromatic rings. The number of aromatic amines is 1. The van der Waals surface area contributed by atoms with Crippen LogP contribution in [0.1, 0.15) is 50.7 Å². The summed E-state index contributed by atoms with van der Waals surface area (Å²) in [5, 5.41) is 2.98. The standard InChI is InChI=1S/C28H37N7O5/c1-5-7-16-40-27-32-24(29)23-25(33-27)35(28(38)31-23)15-8-14-34(3)21(9-6-2)26(37)30-18-20-12-10-19(11-13-20)17-22(36)39-4/h10-13,21H,5-7,9,14,16-18H2,1-4H3,(H,30,37)(H,31,38)(H2,29,32,33). The first-order valence-electron chi connectivity index (χ1n) is 13.3. The number of unbranched alkanes of at least 4 members (excludes halogenated alkanes) is 1. The van der Waals surface area contributed by atoms with E-state index in [9.17, 15) is 14.4 Å². The molecule has 1 aromatic carbocycles. The smallest absolute Gasteiger partial charge is 0.339 e. The van der Waals surface area contributed by atoms with E-state index >= 15 is 0 Å². The van der Waals surface area contributed by atoms with E-state index in [1.54, 1.807) is 0 Å². The molecule has 1 unspecified atom stereocenters. The Labute approximate surface area is 233 Å². The lowest BCUT2D eigenvalue weighted by Crippen LogP contribution is -2.45. The number of carbonyl (C=O) groups excluding carboxylic acids is 2. The van der Waals surface area contributed by atoms with Crippen molar-refractivity contribution in [3.05, 3.63) is 45.9 Å². The number of nitrogens with one attached hydrogen (secondary N) is 2. The summed E-state index contributed by atoms with van der Waals surface area (Å²) in [6, 6.07) is 9.93. The SMILES string of the molecule is CCCCOc1nc(N)c2[nH]c(=O)n(C#CCN(C)C(CCC)C(=O)NCc3ccc(CC(=O)OC)cc3)c2n1. The monoisotopic (exact) mass is 551 g/mol. The number of likely N-dealkylation sites (N-methyl/N-ethyl adjacent to an activating group) is 1. The molecule has 2 aromatic heterocycles. The number of anilines is 1. The van der Waals surface area contributed by atoms with Crippen LogP contribution in [0.2, 0.25) is 0 Å². The van der Waals surface area contributed by atoms with E-state index in [1.807, 2.05) is 50.1 Å². The Hall–Kier alpha value is -4.37. The minimum atomic E-state index is -0.489. The number of amides is 1. The number of benzene rings is 1. The molecule has 12 nitrogen and oxygen atoms in total. The van der Waals surface area contributed by atoms with E-state index in [0.29, 0.717) is 19.6 Å². The van der Waals surface area contributed by atoms with Crippen LogP contribution in [0, 0.1) is 12.0 Å². The Bertz CT molecular complexity index is 1420. The predicted octanol–water partition coefficient (Wildman–Crippen LogP) is 1.82. The van der Waals surface area contributed by atoms with Crippen molar-refractivity contribution in [2.45, 2.75) is 58.5 Å². The van der Waals surface area contributed by atoms with Crippen LogP contribution in [-0.2, 0) is 27.3 Å². The summed E-state index contributed by atoms with van der Waals surface area (Å²) in [5.41, 5.74) is 7.79. The molecule has 2 heterocycles. The molecule has 3 rings (SSSR count). The first-order valence-corrected chi connectivity index (χ1v) is 13.3. The highest BCUT2D eigenvalue weighted by Crippen LogP contribution is 2.17. The molecule has 40 heavy (non-hydrogen) atoms. The van der Waals surface area contributed by atoms with Gasteiger partial charge >= 0.3 is 17.7 Å². The van der Waals surface area contributed by atoms with E-state index in [4.69, 9.17) is 15.2 Å². The van der Waals surface area contributed by atoms with Crippen LogP contribution in [-0.4, -0.2) is 69.6 Å². The third-order valence-corrected chi connectivity index (χ3v) is 6.26. The van der Waals surface area contributed by atoms with E-state index in [1.165, 1.54) is 11.7 Å². The maximum Gasteiger partial charge on any atom is 0.339 e. The fraction of sp³-hybridized carbons (Fsp3) is 0.464. The lowest BCUT2D eigenvalue weighted by Gasteiger charge is -2.25. The number of methoxy groups -OCH3 is 1. The molecule has 0 saturated heterocycles. The van der Waals surface area contributed by atoms with Crippen molar-refractivity contribution in [2.24, 2.45) is 0 Å². The molecule has 0 radical (unpaired) electrons. The van der Waals surface area contributed by atoms with Gasteiger partial charge in [0.15, 0.2) is 11.5 Å². The average Bonchev–Trinajstić information content (AvgIpc) is 3.26. The number of nitrogens with two attached hydrogens (primary N) is 1. The van der Waals surface area contributed by atoms with Gasteiger partial charge in [-0.25, -0.2) is 9.36 Å². The van der Waals surface area contributed by atoms with Gasteiger partial charge in [0.25, 0.3) is 0 Å². The number of esters is 1. The highest BCUT2D eigenvalue weighted by molar-refractivity contribution is 5.83. The number of H-pyrrole nitrogens is 1. The molecule has 0 fully saturated rings. The molecular weight excluding hydrogens is 514 g/mol. The lowest BCUT2D eigenvalue weighted by atomic mass is 10.1. The number of nitrogen functional groups attached to an aromatic ring is 1. The molecule has 0 aliphatic heterocycles. The van der Waals surface area contributed by atoms with Crippen molar-refractivity contribution < 1.29 is 19.1 Å². The first kappa shape index (κ1) is 30.2. The van der Waals surface area contributed by atoms with Gasteiger partial charge in [-0.05, 0) is 31.0 Å². The molecule has 1 atom stereocenters. The van der Waals surface area contributed by atoms with Crippen LogP contribution in [0.4, 0.5) is 5.82 Å². The number of carbonyl (C=O) groups is 2. The summed E-state index contributed by atoms with van der Waals surface area (Å²) in [6.45, 7) is 5.08. The number of fused-ring (bicyclic) bond motifs is 1. The zero-order chi connectivity index (χ0) is 29.1. The third kappa shape index (κ3) is 8.07. The molecular formula is C28H37N7O5. The Morgan fingerprint density at radius 3 is 2.58 bits per heavy atom. The van der Waals surface area contributed by atoms with Gasteiger partial charge in [-0.15, -0.1) is 0 Å². The minimum absolute atomic E-state index is 0.0860. The van der Waals surface area contributed by atoms with Crippen molar-refractivity contribution in [1.29, 1.82) is 0 Å². The van der Waals surface area contributed by atoms with Crippen molar-refractivity contribution in [1.82, 2.24) is 29.7 Å². The summed E-state index contributed by atoms with van der Waals surface area (Å²) < 4.78 is 11.4. The number of aromatic nitrogens is 4. The zero-order valence-electron chi connectivity index (χ0n) is 23.5. The second kappa shape index (κ2) is 14.7. The second-order valence-corrected chi connectivity index (χ2v) is 9.35. The zero-order valence-corrected chi connectivity index (χ0v) is 23.5. The Kier molecular flexibility index (Phi) is 11.1. The molecule has 0 spiro atoms. The third-order valence-electron chi connectivity index (χ3n) is 6.26. The highest BCUT2D eigenvalue weighted by Gasteiger charge is 2.21. The number of nitrogens with zero attached hydrogens (tertiary/aromatic N) is 4. The van der Waals surface area contributed by atoms with Crippen molar-refractivity contribution in [3.8, 4) is 18.0 Å².